The van der Waals surface area contributed by atoms with Crippen LogP contribution in [0.4, 0.5) is 4.79 Å². The number of urea groups is 1. The number of nitrogens with one attached hydrogen (secondary N) is 2. The zero-order valence-corrected chi connectivity index (χ0v) is 14.3. The van der Waals surface area contributed by atoms with Crippen LogP contribution < -0.4 is 10.6 Å². The van der Waals surface area contributed by atoms with E-state index in [4.69, 9.17) is 0 Å². The van der Waals surface area contributed by atoms with E-state index < -0.39 is 0 Å². The van der Waals surface area contributed by atoms with Gasteiger partial charge in [-0.2, -0.15) is 0 Å². The average Bonchev–Trinajstić information content (AvgIpc) is 3.01. The molecule has 0 saturated carbocycles. The van der Waals surface area contributed by atoms with Gasteiger partial charge in [-0.15, -0.1) is 11.3 Å². The molecule has 0 saturated heterocycles. The second-order valence-corrected chi connectivity index (χ2v) is 6.53. The van der Waals surface area contributed by atoms with Gasteiger partial charge in [-0.3, -0.25) is 0 Å². The molecule has 0 aliphatic rings. The maximum atomic E-state index is 11.9. The Morgan fingerprint density at radius 1 is 1.26 bits per heavy atom. The van der Waals surface area contributed by atoms with Gasteiger partial charge in [-0.25, -0.2) is 4.79 Å². The molecule has 1 aromatic carbocycles. The van der Waals surface area contributed by atoms with Crippen LogP contribution in [0.15, 0.2) is 41.8 Å². The summed E-state index contributed by atoms with van der Waals surface area (Å²) in [6, 6.07) is 11.2. The molecule has 0 unspecified atom stereocenters. The zero-order chi connectivity index (χ0) is 16.7. The molecule has 2 aromatic rings. The number of benzene rings is 1. The van der Waals surface area contributed by atoms with Crippen LogP contribution in [0, 0.1) is 0 Å². The van der Waals surface area contributed by atoms with Crippen molar-refractivity contribution in [3.8, 4) is 5.75 Å². The molecule has 0 aliphatic heterocycles. The highest BCUT2D eigenvalue weighted by Crippen LogP contribution is 2.22. The van der Waals surface area contributed by atoms with Gasteiger partial charge in [-0.1, -0.05) is 18.2 Å². The van der Waals surface area contributed by atoms with Crippen LogP contribution in [-0.2, 0) is 6.42 Å². The Morgan fingerprint density at radius 3 is 2.74 bits per heavy atom. The maximum absolute atomic E-state index is 11.9. The largest absolute Gasteiger partial charge is 0.508 e. The van der Waals surface area contributed by atoms with Gasteiger partial charge >= 0.3 is 6.03 Å². The fourth-order valence-corrected chi connectivity index (χ4v) is 3.23. The molecular weight excluding hydrogens is 310 g/mol. The minimum absolute atomic E-state index is 0.173. The molecule has 0 aliphatic carbocycles. The molecule has 1 heterocycles. The van der Waals surface area contributed by atoms with Crippen molar-refractivity contribution in [3.05, 3.63) is 52.2 Å². The lowest BCUT2D eigenvalue weighted by molar-refractivity contribution is 0.233. The van der Waals surface area contributed by atoms with Crippen molar-refractivity contribution in [2.75, 3.05) is 27.2 Å². The highest BCUT2D eigenvalue weighted by atomic mass is 32.1. The predicted molar refractivity (Wildman–Crippen MR) is 94.0 cm³/mol. The molecule has 23 heavy (non-hydrogen) atoms. The number of hydrogen-bond acceptors (Lipinski definition) is 4. The van der Waals surface area contributed by atoms with Crippen molar-refractivity contribution >= 4 is 17.4 Å². The summed E-state index contributed by atoms with van der Waals surface area (Å²) in [4.78, 5) is 15.2. The first-order chi connectivity index (χ1) is 11.1. The summed E-state index contributed by atoms with van der Waals surface area (Å²) < 4.78 is 0. The van der Waals surface area contributed by atoms with Crippen molar-refractivity contribution in [1.29, 1.82) is 0 Å². The van der Waals surface area contributed by atoms with Crippen molar-refractivity contribution < 1.29 is 9.90 Å². The van der Waals surface area contributed by atoms with Gasteiger partial charge in [0.25, 0.3) is 0 Å². The lowest BCUT2D eigenvalue weighted by Crippen LogP contribution is -2.41. The lowest BCUT2D eigenvalue weighted by Gasteiger charge is -2.23. The van der Waals surface area contributed by atoms with Crippen molar-refractivity contribution in [3.63, 3.8) is 0 Å². The number of hydrogen-bond donors (Lipinski definition) is 3. The monoisotopic (exact) mass is 333 g/mol. The number of rotatable bonds is 7. The quantitative estimate of drug-likeness (QED) is 0.730. The number of phenolic OH excluding ortho intramolecular Hbond substituents is 1. The van der Waals surface area contributed by atoms with Crippen LogP contribution in [0.5, 0.6) is 5.75 Å². The molecule has 0 fully saturated rings. The van der Waals surface area contributed by atoms with Crippen LogP contribution in [0.25, 0.3) is 0 Å². The van der Waals surface area contributed by atoms with Crippen molar-refractivity contribution in [1.82, 2.24) is 15.5 Å². The summed E-state index contributed by atoms with van der Waals surface area (Å²) in [6.45, 7) is 1.09. The summed E-state index contributed by atoms with van der Waals surface area (Å²) >= 11 is 1.69. The minimum Gasteiger partial charge on any atom is -0.508 e. The Morgan fingerprint density at radius 2 is 2.09 bits per heavy atom. The molecule has 124 valence electrons. The SMILES string of the molecule is CN(C)[C@H](CNC(=O)NCCc1cccc(O)c1)c1cccs1. The van der Waals surface area contributed by atoms with E-state index >= 15 is 0 Å². The Balaban J connectivity index is 1.74. The maximum Gasteiger partial charge on any atom is 0.314 e. The van der Waals surface area contributed by atoms with E-state index in [1.165, 1.54) is 4.88 Å². The third-order valence-corrected chi connectivity index (χ3v) is 4.53. The van der Waals surface area contributed by atoms with Crippen LogP contribution in [0.1, 0.15) is 16.5 Å². The molecule has 0 spiro atoms. The van der Waals surface area contributed by atoms with Crippen LogP contribution in [0.2, 0.25) is 0 Å². The zero-order valence-electron chi connectivity index (χ0n) is 13.5. The van der Waals surface area contributed by atoms with E-state index in [-0.39, 0.29) is 17.8 Å². The minimum atomic E-state index is -0.173. The molecule has 3 N–H and O–H groups in total. The highest BCUT2D eigenvalue weighted by molar-refractivity contribution is 7.10. The summed E-state index contributed by atoms with van der Waals surface area (Å²) in [5.41, 5.74) is 0.995. The number of thiophene rings is 1. The van der Waals surface area contributed by atoms with Gasteiger partial charge in [0.1, 0.15) is 5.75 Å². The normalized spacial score (nSPS) is 12.1. The van der Waals surface area contributed by atoms with E-state index in [0.29, 0.717) is 19.5 Å². The third kappa shape index (κ3) is 5.58. The molecule has 0 bridgehead atoms. The summed E-state index contributed by atoms with van der Waals surface area (Å²) in [7, 11) is 4.01. The van der Waals surface area contributed by atoms with Crippen LogP contribution >= 0.6 is 11.3 Å². The molecule has 6 heteroatoms. The van der Waals surface area contributed by atoms with Gasteiger partial charge < -0.3 is 20.6 Å². The molecule has 2 amide bonds. The Kier molecular flexibility index (Phi) is 6.43. The second-order valence-electron chi connectivity index (χ2n) is 5.55. The smallest absolute Gasteiger partial charge is 0.314 e. The molecule has 0 radical (unpaired) electrons. The van der Waals surface area contributed by atoms with Crippen LogP contribution in [0.3, 0.4) is 0 Å². The molecule has 2 rings (SSSR count). The Hall–Kier alpha value is -2.05. The number of carbonyl (C=O) groups excluding carboxylic acids is 1. The van der Waals surface area contributed by atoms with Gasteiger partial charge in [0.15, 0.2) is 0 Å². The van der Waals surface area contributed by atoms with E-state index in [1.807, 2.05) is 31.6 Å². The number of nitrogens with zero attached hydrogens (tertiary/aromatic N) is 1. The summed E-state index contributed by atoms with van der Waals surface area (Å²) in [5, 5.41) is 17.2. The molecule has 5 nitrogen and oxygen atoms in total. The fourth-order valence-electron chi connectivity index (χ4n) is 2.30. The Labute approximate surface area is 140 Å². The molecule has 1 atom stereocenters. The Bertz CT molecular complexity index is 614. The first kappa shape index (κ1) is 17.3. The fraction of sp³-hybridized carbons (Fsp3) is 0.353. The van der Waals surface area contributed by atoms with Gasteiger partial charge in [-0.05, 0) is 49.7 Å². The van der Waals surface area contributed by atoms with Crippen molar-refractivity contribution in [2.45, 2.75) is 12.5 Å². The van der Waals surface area contributed by atoms with Crippen LogP contribution in [-0.4, -0.2) is 43.2 Å². The standard InChI is InChI=1S/C17H23N3O2S/c1-20(2)15(16-7-4-10-23-16)12-19-17(22)18-9-8-13-5-3-6-14(21)11-13/h3-7,10-11,15,21H,8-9,12H2,1-2H3,(H2,18,19,22)/t15-/m1/s1. The van der Waals surface area contributed by atoms with Crippen molar-refractivity contribution in [2.24, 2.45) is 0 Å². The van der Waals surface area contributed by atoms with E-state index in [9.17, 15) is 9.90 Å². The number of likely N-dealkylation sites (N-methyl/N-ethyl adjacent to an activating group) is 1. The van der Waals surface area contributed by atoms with Gasteiger partial charge in [0.2, 0.25) is 0 Å². The van der Waals surface area contributed by atoms with E-state index in [2.05, 4.69) is 21.6 Å². The second kappa shape index (κ2) is 8.55. The summed E-state index contributed by atoms with van der Waals surface area (Å²) in [6.07, 6.45) is 0.684. The number of amides is 2. The highest BCUT2D eigenvalue weighted by Gasteiger charge is 2.15. The lowest BCUT2D eigenvalue weighted by atomic mass is 10.1. The van der Waals surface area contributed by atoms with E-state index in [1.54, 1.807) is 29.5 Å². The number of phenols is 1. The average molecular weight is 333 g/mol. The topological polar surface area (TPSA) is 64.6 Å². The first-order valence-corrected chi connectivity index (χ1v) is 8.43. The number of aromatic hydroxyl groups is 1. The van der Waals surface area contributed by atoms with Gasteiger partial charge in [0, 0.05) is 18.0 Å². The molecular formula is C17H23N3O2S. The first-order valence-electron chi connectivity index (χ1n) is 7.55. The molecule has 1 aromatic heterocycles. The third-order valence-electron chi connectivity index (χ3n) is 3.56. The number of carbonyl (C=O) groups is 1. The predicted octanol–water partition coefficient (Wildman–Crippen LogP) is 2.60. The van der Waals surface area contributed by atoms with E-state index in [0.717, 1.165) is 5.56 Å². The summed E-state index contributed by atoms with van der Waals surface area (Å²) in [5.74, 6) is 0.247. The van der Waals surface area contributed by atoms with Gasteiger partial charge in [0.05, 0.1) is 6.04 Å².